The molecule has 114 valence electrons. The molecule has 2 N–H and O–H groups in total. The van der Waals surface area contributed by atoms with E-state index in [0.717, 1.165) is 37.8 Å². The number of aromatic amines is 1. The number of rotatable bonds is 7. The Morgan fingerprint density at radius 1 is 1.50 bits per heavy atom. The molecular formula is C13H24N4O2S. The first kappa shape index (κ1) is 15.5. The van der Waals surface area contributed by atoms with Crippen LogP contribution >= 0.6 is 0 Å². The third-order valence-electron chi connectivity index (χ3n) is 3.78. The molecule has 1 aromatic heterocycles. The van der Waals surface area contributed by atoms with E-state index in [2.05, 4.69) is 22.4 Å². The summed E-state index contributed by atoms with van der Waals surface area (Å²) in [6.45, 7) is 6.13. The van der Waals surface area contributed by atoms with Crippen LogP contribution in [0.3, 0.4) is 0 Å². The predicted molar refractivity (Wildman–Crippen MR) is 77.8 cm³/mol. The molecule has 7 heteroatoms. The second kappa shape index (κ2) is 6.69. The van der Waals surface area contributed by atoms with Crippen LogP contribution in [0.5, 0.6) is 0 Å². The summed E-state index contributed by atoms with van der Waals surface area (Å²) in [5.74, 6) is 0. The molecule has 1 fully saturated rings. The largest absolute Gasteiger partial charge is 0.313 e. The molecule has 6 nitrogen and oxygen atoms in total. The Morgan fingerprint density at radius 2 is 2.30 bits per heavy atom. The summed E-state index contributed by atoms with van der Waals surface area (Å²) in [7, 11) is -3.45. The van der Waals surface area contributed by atoms with E-state index in [9.17, 15) is 8.42 Å². The minimum atomic E-state index is -3.45. The Morgan fingerprint density at radius 3 is 3.00 bits per heavy atom. The van der Waals surface area contributed by atoms with Gasteiger partial charge in [-0.15, -0.1) is 0 Å². The zero-order chi connectivity index (χ0) is 14.6. The molecule has 0 saturated carbocycles. The molecule has 20 heavy (non-hydrogen) atoms. The van der Waals surface area contributed by atoms with Gasteiger partial charge >= 0.3 is 0 Å². The van der Waals surface area contributed by atoms with Crippen LogP contribution in [0, 0.1) is 0 Å². The SMILES string of the molecule is CCCNCc1cn[nH]c1S(=O)(=O)N1CCCC1CC. The lowest BCUT2D eigenvalue weighted by molar-refractivity contribution is 0.377. The highest BCUT2D eigenvalue weighted by atomic mass is 32.2. The van der Waals surface area contributed by atoms with Crippen LogP contribution in [0.2, 0.25) is 0 Å². The smallest absolute Gasteiger partial charge is 0.260 e. The summed E-state index contributed by atoms with van der Waals surface area (Å²) in [5.41, 5.74) is 0.722. The van der Waals surface area contributed by atoms with E-state index in [1.807, 2.05) is 6.92 Å². The third-order valence-corrected chi connectivity index (χ3v) is 5.75. The minimum Gasteiger partial charge on any atom is -0.313 e. The molecule has 0 aliphatic carbocycles. The van der Waals surface area contributed by atoms with Gasteiger partial charge in [0.1, 0.15) is 0 Å². The van der Waals surface area contributed by atoms with Crippen molar-refractivity contribution in [1.29, 1.82) is 0 Å². The summed E-state index contributed by atoms with van der Waals surface area (Å²) >= 11 is 0. The van der Waals surface area contributed by atoms with E-state index in [1.54, 1.807) is 10.5 Å². The molecular weight excluding hydrogens is 276 g/mol. The number of nitrogens with one attached hydrogen (secondary N) is 2. The van der Waals surface area contributed by atoms with Crippen molar-refractivity contribution >= 4 is 10.0 Å². The van der Waals surface area contributed by atoms with Crippen LogP contribution in [0.4, 0.5) is 0 Å². The van der Waals surface area contributed by atoms with Crippen molar-refractivity contribution in [3.63, 3.8) is 0 Å². The zero-order valence-corrected chi connectivity index (χ0v) is 13.0. The Balaban J connectivity index is 2.19. The zero-order valence-electron chi connectivity index (χ0n) is 12.2. The number of aromatic nitrogens is 2. The van der Waals surface area contributed by atoms with Gasteiger partial charge in [-0.2, -0.15) is 9.40 Å². The quantitative estimate of drug-likeness (QED) is 0.748. The molecule has 1 aliphatic heterocycles. The summed E-state index contributed by atoms with van der Waals surface area (Å²) in [4.78, 5) is 0. The maximum absolute atomic E-state index is 12.7. The number of hydrogen-bond acceptors (Lipinski definition) is 4. The molecule has 1 unspecified atom stereocenters. The average molecular weight is 300 g/mol. The van der Waals surface area contributed by atoms with Gasteiger partial charge in [0.05, 0.1) is 6.20 Å². The van der Waals surface area contributed by atoms with Crippen molar-refractivity contribution in [2.75, 3.05) is 13.1 Å². The summed E-state index contributed by atoms with van der Waals surface area (Å²) in [6, 6.07) is 0.125. The third kappa shape index (κ3) is 3.05. The minimum absolute atomic E-state index is 0.125. The highest BCUT2D eigenvalue weighted by Gasteiger charge is 2.36. The van der Waals surface area contributed by atoms with E-state index in [1.165, 1.54) is 0 Å². The van der Waals surface area contributed by atoms with Gasteiger partial charge in [0.2, 0.25) is 0 Å². The number of nitrogens with zero attached hydrogens (tertiary/aromatic N) is 2. The lowest BCUT2D eigenvalue weighted by Crippen LogP contribution is -2.36. The topological polar surface area (TPSA) is 78.1 Å². The van der Waals surface area contributed by atoms with E-state index < -0.39 is 10.0 Å². The van der Waals surface area contributed by atoms with Crippen molar-refractivity contribution in [2.45, 2.75) is 57.1 Å². The van der Waals surface area contributed by atoms with Gasteiger partial charge in [-0.25, -0.2) is 8.42 Å². The van der Waals surface area contributed by atoms with E-state index in [4.69, 9.17) is 0 Å². The fraction of sp³-hybridized carbons (Fsp3) is 0.769. The van der Waals surface area contributed by atoms with Crippen LogP contribution in [-0.2, 0) is 16.6 Å². The Kier molecular flexibility index (Phi) is 5.17. The second-order valence-electron chi connectivity index (χ2n) is 5.22. The number of sulfonamides is 1. The number of H-pyrrole nitrogens is 1. The fourth-order valence-electron chi connectivity index (χ4n) is 2.70. The van der Waals surface area contributed by atoms with E-state index >= 15 is 0 Å². The highest BCUT2D eigenvalue weighted by Crippen LogP contribution is 2.28. The first-order chi connectivity index (χ1) is 9.61. The first-order valence-electron chi connectivity index (χ1n) is 7.36. The Hall–Kier alpha value is -0.920. The normalized spacial score (nSPS) is 20.6. The van der Waals surface area contributed by atoms with Crippen molar-refractivity contribution in [3.05, 3.63) is 11.8 Å². The Bertz CT molecular complexity index is 526. The summed E-state index contributed by atoms with van der Waals surface area (Å²) in [6.07, 6.45) is 5.37. The molecule has 1 aliphatic rings. The van der Waals surface area contributed by atoms with Crippen LogP contribution in [0.25, 0.3) is 0 Å². The molecule has 0 aromatic carbocycles. The molecule has 0 amide bonds. The van der Waals surface area contributed by atoms with Crippen molar-refractivity contribution in [3.8, 4) is 0 Å². The lowest BCUT2D eigenvalue weighted by atomic mass is 10.2. The van der Waals surface area contributed by atoms with Gasteiger partial charge in [-0.05, 0) is 32.2 Å². The molecule has 0 spiro atoms. The highest BCUT2D eigenvalue weighted by molar-refractivity contribution is 7.89. The van der Waals surface area contributed by atoms with Crippen LogP contribution in [0.15, 0.2) is 11.2 Å². The maximum atomic E-state index is 12.7. The van der Waals surface area contributed by atoms with Crippen molar-refractivity contribution in [1.82, 2.24) is 19.8 Å². The first-order valence-corrected chi connectivity index (χ1v) is 8.80. The summed E-state index contributed by atoms with van der Waals surface area (Å²) in [5, 5.41) is 10.1. The van der Waals surface area contributed by atoms with Crippen molar-refractivity contribution in [2.24, 2.45) is 0 Å². The lowest BCUT2D eigenvalue weighted by Gasteiger charge is -2.22. The predicted octanol–water partition coefficient (Wildman–Crippen LogP) is 1.47. The number of hydrogen-bond donors (Lipinski definition) is 2. The fourth-order valence-corrected chi connectivity index (χ4v) is 4.57. The van der Waals surface area contributed by atoms with Crippen LogP contribution in [0.1, 0.15) is 45.1 Å². The standard InChI is InChI=1S/C13H24N4O2S/c1-3-7-14-9-11-10-15-16-13(11)20(18,19)17-8-5-6-12(17)4-2/h10,12,14H,3-9H2,1-2H3,(H,15,16). The van der Waals surface area contributed by atoms with Gasteiger partial charge in [-0.3, -0.25) is 5.10 Å². The van der Waals surface area contributed by atoms with Gasteiger partial charge in [-0.1, -0.05) is 13.8 Å². The molecule has 0 radical (unpaired) electrons. The van der Waals surface area contributed by atoms with Gasteiger partial charge < -0.3 is 5.32 Å². The molecule has 0 bridgehead atoms. The Labute approximate surface area is 121 Å². The second-order valence-corrected chi connectivity index (χ2v) is 7.05. The molecule has 1 aromatic rings. The van der Waals surface area contributed by atoms with E-state index in [0.29, 0.717) is 13.1 Å². The molecule has 2 rings (SSSR count). The molecule has 1 saturated heterocycles. The van der Waals surface area contributed by atoms with E-state index in [-0.39, 0.29) is 11.1 Å². The summed E-state index contributed by atoms with van der Waals surface area (Å²) < 4.78 is 27.1. The van der Waals surface area contributed by atoms with Crippen LogP contribution in [-0.4, -0.2) is 42.1 Å². The van der Waals surface area contributed by atoms with Gasteiger partial charge in [0, 0.05) is 24.7 Å². The molecule has 1 atom stereocenters. The molecule has 2 heterocycles. The van der Waals surface area contributed by atoms with Crippen LogP contribution < -0.4 is 5.32 Å². The monoisotopic (exact) mass is 300 g/mol. The average Bonchev–Trinajstić information content (AvgIpc) is 3.08. The van der Waals surface area contributed by atoms with Gasteiger partial charge in [0.25, 0.3) is 10.0 Å². The van der Waals surface area contributed by atoms with Crippen molar-refractivity contribution < 1.29 is 8.42 Å². The van der Waals surface area contributed by atoms with Gasteiger partial charge in [0.15, 0.2) is 5.03 Å². The maximum Gasteiger partial charge on any atom is 0.260 e.